The van der Waals surface area contributed by atoms with Gasteiger partial charge in [0.25, 0.3) is 0 Å². The van der Waals surface area contributed by atoms with E-state index in [0.29, 0.717) is 47.4 Å². The molecule has 1 aliphatic rings. The molecule has 4 rings (SSSR count). The van der Waals surface area contributed by atoms with Gasteiger partial charge in [0.1, 0.15) is 0 Å². The lowest BCUT2D eigenvalue weighted by Crippen LogP contribution is -2.45. The van der Waals surface area contributed by atoms with Gasteiger partial charge in [-0.1, -0.05) is 11.2 Å². The Labute approximate surface area is 184 Å². The molecule has 164 valence electrons. The Morgan fingerprint density at radius 2 is 2.23 bits per heavy atom. The first-order valence-electron chi connectivity index (χ1n) is 9.92. The van der Waals surface area contributed by atoms with Gasteiger partial charge in [-0.25, -0.2) is 8.42 Å². The number of amides is 1. The van der Waals surface area contributed by atoms with Crippen molar-refractivity contribution in [1.29, 1.82) is 0 Å². The minimum atomic E-state index is -3.74. The maximum Gasteiger partial charge on any atom is 0.244 e. The number of thiophene rings is 1. The van der Waals surface area contributed by atoms with Crippen LogP contribution in [0.15, 0.2) is 40.0 Å². The fraction of sp³-hybridized carbons (Fsp3) is 0.400. The minimum absolute atomic E-state index is 0.145. The highest BCUT2D eigenvalue weighted by atomic mass is 32.2. The molecule has 1 aliphatic heterocycles. The van der Waals surface area contributed by atoms with Crippen molar-refractivity contribution >= 4 is 27.3 Å². The van der Waals surface area contributed by atoms with E-state index in [9.17, 15) is 13.2 Å². The molecule has 1 saturated heterocycles. The smallest absolute Gasteiger partial charge is 0.244 e. The fourth-order valence-corrected chi connectivity index (χ4v) is 6.59. The Kier molecular flexibility index (Phi) is 6.17. The van der Waals surface area contributed by atoms with Gasteiger partial charge in [-0.05, 0) is 37.5 Å². The number of nitrogens with one attached hydrogen (secondary N) is 1. The number of sulfonamides is 1. The predicted octanol–water partition coefficient (Wildman–Crippen LogP) is 2.53. The molecule has 0 aromatic carbocycles. The lowest BCUT2D eigenvalue weighted by atomic mass is 9.99. The van der Waals surface area contributed by atoms with Crippen molar-refractivity contribution in [3.63, 3.8) is 0 Å². The zero-order valence-corrected chi connectivity index (χ0v) is 18.9. The van der Waals surface area contributed by atoms with Crippen LogP contribution in [-0.4, -0.2) is 46.8 Å². The number of rotatable bonds is 6. The van der Waals surface area contributed by atoms with Crippen LogP contribution in [0.3, 0.4) is 0 Å². The van der Waals surface area contributed by atoms with Gasteiger partial charge in [-0.2, -0.15) is 9.29 Å². The van der Waals surface area contributed by atoms with Crippen LogP contribution in [0.2, 0.25) is 0 Å². The standard InChI is InChI=1S/C20H23N5O4S2/c1-13-18(9-17(30-13)19-23-14(2)29-24-19)31(27,28)25-8-4-6-16(12-25)20(26)22-11-15-5-3-7-21-10-15/h3,5,7,9-10,16H,4,6,8,11-12H2,1-2H3,(H,22,26). The summed E-state index contributed by atoms with van der Waals surface area (Å²) in [6, 6.07) is 5.28. The van der Waals surface area contributed by atoms with Crippen LogP contribution in [0.25, 0.3) is 10.7 Å². The number of piperidine rings is 1. The second kappa shape index (κ2) is 8.85. The van der Waals surface area contributed by atoms with Gasteiger partial charge < -0.3 is 9.84 Å². The van der Waals surface area contributed by atoms with Crippen molar-refractivity contribution in [2.75, 3.05) is 13.1 Å². The van der Waals surface area contributed by atoms with Gasteiger partial charge in [0, 0.05) is 43.8 Å². The highest BCUT2D eigenvalue weighted by Gasteiger charge is 2.35. The third-order valence-electron chi connectivity index (χ3n) is 5.18. The predicted molar refractivity (Wildman–Crippen MR) is 115 cm³/mol. The maximum absolute atomic E-state index is 13.3. The Bertz CT molecular complexity index is 1170. The molecular formula is C20H23N5O4S2. The SMILES string of the molecule is Cc1nc(-c2cc(S(=O)(=O)N3CCCC(C(=O)NCc4cccnc4)C3)c(C)s2)no1. The van der Waals surface area contributed by atoms with Crippen molar-refractivity contribution in [3.05, 3.63) is 46.9 Å². The molecule has 0 bridgehead atoms. The van der Waals surface area contributed by atoms with E-state index in [1.54, 1.807) is 32.3 Å². The van der Waals surface area contributed by atoms with Crippen LogP contribution in [0.5, 0.6) is 0 Å². The zero-order valence-electron chi connectivity index (χ0n) is 17.2. The summed E-state index contributed by atoms with van der Waals surface area (Å²) in [7, 11) is -3.74. The quantitative estimate of drug-likeness (QED) is 0.599. The number of hydrogen-bond donors (Lipinski definition) is 1. The Morgan fingerprint density at radius 1 is 1.39 bits per heavy atom. The number of hydrogen-bond acceptors (Lipinski definition) is 8. The fourth-order valence-electron chi connectivity index (χ4n) is 3.58. The Morgan fingerprint density at radius 3 is 2.94 bits per heavy atom. The van der Waals surface area contributed by atoms with Gasteiger partial charge >= 0.3 is 0 Å². The molecule has 3 aromatic heterocycles. The van der Waals surface area contributed by atoms with E-state index in [-0.39, 0.29) is 17.3 Å². The Balaban J connectivity index is 1.47. The lowest BCUT2D eigenvalue weighted by Gasteiger charge is -2.31. The molecule has 0 radical (unpaired) electrons. The number of aryl methyl sites for hydroxylation is 2. The molecule has 0 aliphatic carbocycles. The summed E-state index contributed by atoms with van der Waals surface area (Å²) in [6.07, 6.45) is 4.65. The van der Waals surface area contributed by atoms with Gasteiger partial charge in [0.2, 0.25) is 27.6 Å². The molecule has 0 spiro atoms. The molecule has 3 aromatic rings. The Hall–Kier alpha value is -2.63. The molecule has 1 amide bonds. The molecule has 1 fully saturated rings. The van der Waals surface area contributed by atoms with Crippen LogP contribution in [-0.2, 0) is 21.4 Å². The lowest BCUT2D eigenvalue weighted by molar-refractivity contribution is -0.126. The summed E-state index contributed by atoms with van der Waals surface area (Å²) in [6.45, 7) is 4.36. The second-order valence-corrected chi connectivity index (χ2v) is 10.6. The number of carbonyl (C=O) groups excluding carboxylic acids is 1. The maximum atomic E-state index is 13.3. The topological polar surface area (TPSA) is 118 Å². The summed E-state index contributed by atoms with van der Waals surface area (Å²) >= 11 is 1.31. The van der Waals surface area contributed by atoms with Gasteiger partial charge in [-0.15, -0.1) is 11.3 Å². The van der Waals surface area contributed by atoms with Crippen LogP contribution in [0, 0.1) is 19.8 Å². The average Bonchev–Trinajstić information content (AvgIpc) is 3.38. The van der Waals surface area contributed by atoms with Crippen LogP contribution in [0.1, 0.15) is 29.2 Å². The van der Waals surface area contributed by atoms with Crippen molar-refractivity contribution in [3.8, 4) is 10.7 Å². The molecule has 0 saturated carbocycles. The van der Waals surface area contributed by atoms with E-state index in [1.165, 1.54) is 15.6 Å². The van der Waals surface area contributed by atoms with Crippen molar-refractivity contribution < 1.29 is 17.7 Å². The minimum Gasteiger partial charge on any atom is -0.352 e. The van der Waals surface area contributed by atoms with Crippen LogP contribution >= 0.6 is 11.3 Å². The number of nitrogens with zero attached hydrogens (tertiary/aromatic N) is 4. The normalized spacial score (nSPS) is 17.5. The summed E-state index contributed by atoms with van der Waals surface area (Å²) in [5, 5.41) is 6.77. The second-order valence-electron chi connectivity index (χ2n) is 7.45. The van der Waals surface area contributed by atoms with Gasteiger partial charge in [0.05, 0.1) is 15.7 Å². The van der Waals surface area contributed by atoms with E-state index in [0.717, 1.165) is 5.56 Å². The number of pyridine rings is 1. The molecule has 4 heterocycles. The highest BCUT2D eigenvalue weighted by molar-refractivity contribution is 7.89. The monoisotopic (exact) mass is 461 g/mol. The van der Waals surface area contributed by atoms with Crippen molar-refractivity contribution in [2.24, 2.45) is 5.92 Å². The first kappa shape index (κ1) is 21.6. The van der Waals surface area contributed by atoms with E-state index in [1.807, 2.05) is 12.1 Å². The van der Waals surface area contributed by atoms with E-state index in [2.05, 4.69) is 20.4 Å². The molecule has 9 nitrogen and oxygen atoms in total. The van der Waals surface area contributed by atoms with E-state index >= 15 is 0 Å². The molecular weight excluding hydrogens is 438 g/mol. The molecule has 1 atom stereocenters. The summed E-state index contributed by atoms with van der Waals surface area (Å²) in [4.78, 5) is 22.4. The van der Waals surface area contributed by atoms with Gasteiger partial charge in [0.15, 0.2) is 0 Å². The zero-order chi connectivity index (χ0) is 22.0. The summed E-state index contributed by atoms with van der Waals surface area (Å²) in [5.74, 6) is 0.257. The number of carbonyl (C=O) groups is 1. The first-order chi connectivity index (χ1) is 14.8. The largest absolute Gasteiger partial charge is 0.352 e. The molecule has 1 unspecified atom stereocenters. The molecule has 31 heavy (non-hydrogen) atoms. The third-order valence-corrected chi connectivity index (χ3v) is 8.35. The molecule has 1 N–H and O–H groups in total. The highest BCUT2D eigenvalue weighted by Crippen LogP contribution is 2.34. The average molecular weight is 462 g/mol. The van der Waals surface area contributed by atoms with Crippen molar-refractivity contribution in [2.45, 2.75) is 38.1 Å². The summed E-state index contributed by atoms with van der Waals surface area (Å²) in [5.41, 5.74) is 0.897. The van der Waals surface area contributed by atoms with Crippen molar-refractivity contribution in [1.82, 2.24) is 24.7 Å². The van der Waals surface area contributed by atoms with Crippen LogP contribution < -0.4 is 5.32 Å². The summed E-state index contributed by atoms with van der Waals surface area (Å²) < 4.78 is 33.1. The number of aromatic nitrogens is 3. The van der Waals surface area contributed by atoms with E-state index in [4.69, 9.17) is 4.52 Å². The molecule has 11 heteroatoms. The third kappa shape index (κ3) is 4.68. The van der Waals surface area contributed by atoms with E-state index < -0.39 is 15.9 Å². The van der Waals surface area contributed by atoms with Gasteiger partial charge in [-0.3, -0.25) is 9.78 Å². The first-order valence-corrected chi connectivity index (χ1v) is 12.2. The van der Waals surface area contributed by atoms with Crippen LogP contribution in [0.4, 0.5) is 0 Å².